The van der Waals surface area contributed by atoms with Gasteiger partial charge in [0, 0.05) is 6.42 Å². The van der Waals surface area contributed by atoms with E-state index in [-0.39, 0.29) is 0 Å². The number of ether oxygens (including phenoxy) is 3. The van der Waals surface area contributed by atoms with Crippen molar-refractivity contribution in [2.24, 2.45) is 0 Å². The summed E-state index contributed by atoms with van der Waals surface area (Å²) in [5.41, 5.74) is 2.42. The minimum absolute atomic E-state index is 0.606. The van der Waals surface area contributed by atoms with Gasteiger partial charge in [-0.05, 0) is 44.5 Å². The Hall–Kier alpha value is -2.16. The summed E-state index contributed by atoms with van der Waals surface area (Å²) in [6.45, 7) is 8.00. The highest BCUT2D eigenvalue weighted by atomic mass is 16.5. The quantitative estimate of drug-likeness (QED) is 0.669. The van der Waals surface area contributed by atoms with Gasteiger partial charge in [0.15, 0.2) is 11.5 Å². The lowest BCUT2D eigenvalue weighted by Gasteiger charge is -2.12. The van der Waals surface area contributed by atoms with Gasteiger partial charge in [0.25, 0.3) is 0 Å². The molecule has 0 aromatic heterocycles. The average molecular weight is 300 g/mol. The highest BCUT2D eigenvalue weighted by molar-refractivity contribution is 5.39. The van der Waals surface area contributed by atoms with E-state index < -0.39 is 0 Å². The maximum Gasteiger partial charge on any atom is 0.161 e. The van der Waals surface area contributed by atoms with Crippen LogP contribution in [0.25, 0.3) is 0 Å². The Morgan fingerprint density at radius 2 is 1.41 bits per heavy atom. The normalized spacial score (nSPS) is 10.3. The van der Waals surface area contributed by atoms with Gasteiger partial charge in [-0.3, -0.25) is 0 Å². The zero-order valence-corrected chi connectivity index (χ0v) is 13.6. The number of hydrogen-bond acceptors (Lipinski definition) is 3. The lowest BCUT2D eigenvalue weighted by molar-refractivity contribution is 0.235. The van der Waals surface area contributed by atoms with Crippen LogP contribution in [0.1, 0.15) is 24.5 Å². The van der Waals surface area contributed by atoms with Gasteiger partial charge >= 0.3 is 0 Å². The van der Waals surface area contributed by atoms with E-state index in [4.69, 9.17) is 14.2 Å². The molecule has 0 aliphatic carbocycles. The molecule has 0 saturated heterocycles. The molecule has 0 aliphatic rings. The lowest BCUT2D eigenvalue weighted by atomic mass is 10.1. The van der Waals surface area contributed by atoms with E-state index in [0.29, 0.717) is 19.8 Å². The second kappa shape index (κ2) is 8.32. The highest BCUT2D eigenvalue weighted by Crippen LogP contribution is 2.26. The monoisotopic (exact) mass is 300 g/mol. The molecule has 0 amide bonds. The van der Waals surface area contributed by atoms with Crippen LogP contribution in [0.2, 0.25) is 0 Å². The predicted octanol–water partition coefficient (Wildman–Crippen LogP) is 4.55. The molecule has 22 heavy (non-hydrogen) atoms. The molecular formula is C19H24O3. The van der Waals surface area contributed by atoms with Gasteiger partial charge in [-0.25, -0.2) is 0 Å². The molecule has 0 bridgehead atoms. The van der Waals surface area contributed by atoms with Crippen LogP contribution in [0.4, 0.5) is 0 Å². The molecule has 0 unspecified atom stereocenters. The fourth-order valence-electron chi connectivity index (χ4n) is 2.23. The fraction of sp³-hybridized carbons (Fsp3) is 0.368. The molecule has 0 N–H and O–H groups in total. The van der Waals surface area contributed by atoms with Crippen molar-refractivity contribution in [3.05, 3.63) is 53.6 Å². The lowest BCUT2D eigenvalue weighted by Crippen LogP contribution is -2.06. The van der Waals surface area contributed by atoms with Crippen molar-refractivity contribution in [3.63, 3.8) is 0 Å². The average Bonchev–Trinajstić information content (AvgIpc) is 2.51. The summed E-state index contributed by atoms with van der Waals surface area (Å²) in [5.74, 6) is 2.52. The summed E-state index contributed by atoms with van der Waals surface area (Å²) in [7, 11) is 0. The van der Waals surface area contributed by atoms with Crippen molar-refractivity contribution in [1.29, 1.82) is 0 Å². The maximum absolute atomic E-state index is 5.80. The van der Waals surface area contributed by atoms with E-state index in [9.17, 15) is 0 Å². The van der Waals surface area contributed by atoms with Crippen molar-refractivity contribution in [3.8, 4) is 17.2 Å². The van der Waals surface area contributed by atoms with Gasteiger partial charge in [-0.2, -0.15) is 0 Å². The molecule has 0 aliphatic heterocycles. The summed E-state index contributed by atoms with van der Waals surface area (Å²) >= 11 is 0. The molecule has 0 heterocycles. The largest absolute Gasteiger partial charge is 0.493 e. The van der Waals surface area contributed by atoms with E-state index in [0.717, 1.165) is 23.7 Å². The van der Waals surface area contributed by atoms with Crippen molar-refractivity contribution in [2.75, 3.05) is 19.8 Å². The topological polar surface area (TPSA) is 27.7 Å². The van der Waals surface area contributed by atoms with Gasteiger partial charge in [0.2, 0.25) is 0 Å². The third kappa shape index (κ3) is 4.69. The molecule has 0 radical (unpaired) electrons. The molecule has 3 nitrogen and oxygen atoms in total. The zero-order chi connectivity index (χ0) is 15.8. The molecule has 0 atom stereocenters. The number of rotatable bonds is 8. The first-order chi connectivity index (χ1) is 10.7. The van der Waals surface area contributed by atoms with Crippen molar-refractivity contribution < 1.29 is 14.2 Å². The zero-order valence-electron chi connectivity index (χ0n) is 13.6. The minimum Gasteiger partial charge on any atom is -0.493 e. The Bertz CT molecular complexity index is 593. The highest BCUT2D eigenvalue weighted by Gasteiger charge is 2.03. The molecule has 2 aromatic carbocycles. The first-order valence-electron chi connectivity index (χ1n) is 7.75. The van der Waals surface area contributed by atoms with E-state index >= 15 is 0 Å². The molecule has 3 heteroatoms. The van der Waals surface area contributed by atoms with Gasteiger partial charge in [0.1, 0.15) is 5.75 Å². The number of aryl methyl sites for hydroxylation is 2. The second-order valence-electron chi connectivity index (χ2n) is 5.20. The number of benzene rings is 2. The molecule has 2 aromatic rings. The van der Waals surface area contributed by atoms with Gasteiger partial charge < -0.3 is 14.2 Å². The van der Waals surface area contributed by atoms with Gasteiger partial charge in [0.05, 0.1) is 19.8 Å². The van der Waals surface area contributed by atoms with Crippen LogP contribution in [0.3, 0.4) is 0 Å². The molecule has 0 saturated carbocycles. The van der Waals surface area contributed by atoms with E-state index in [1.54, 1.807) is 0 Å². The van der Waals surface area contributed by atoms with E-state index in [2.05, 4.69) is 26.0 Å². The van der Waals surface area contributed by atoms with Crippen LogP contribution in [0.5, 0.6) is 17.2 Å². The molecule has 0 spiro atoms. The summed E-state index contributed by atoms with van der Waals surface area (Å²) < 4.78 is 17.1. The second-order valence-corrected chi connectivity index (χ2v) is 5.20. The summed E-state index contributed by atoms with van der Waals surface area (Å²) in [5, 5.41) is 0. The van der Waals surface area contributed by atoms with Crippen LogP contribution in [-0.4, -0.2) is 19.8 Å². The summed E-state index contributed by atoms with van der Waals surface area (Å²) in [6, 6.07) is 14.0. The van der Waals surface area contributed by atoms with E-state index in [1.165, 1.54) is 11.1 Å². The standard InChI is InChI=1S/C19H24O3/c1-4-20-18-8-5-6-9-19(18)22-13-7-12-21-17-11-10-15(2)14-16(17)3/h5-6,8-11,14H,4,7,12-13H2,1-3H3. The predicted molar refractivity (Wildman–Crippen MR) is 89.1 cm³/mol. The van der Waals surface area contributed by atoms with Crippen LogP contribution in [0, 0.1) is 13.8 Å². The molecule has 0 fully saturated rings. The fourth-order valence-corrected chi connectivity index (χ4v) is 2.23. The number of hydrogen-bond donors (Lipinski definition) is 0. The summed E-state index contributed by atoms with van der Waals surface area (Å²) in [4.78, 5) is 0. The van der Waals surface area contributed by atoms with Crippen LogP contribution in [-0.2, 0) is 0 Å². The van der Waals surface area contributed by atoms with Crippen LogP contribution < -0.4 is 14.2 Å². The number of para-hydroxylation sites is 2. The van der Waals surface area contributed by atoms with E-state index in [1.807, 2.05) is 37.3 Å². The Balaban J connectivity index is 1.75. The third-order valence-corrected chi connectivity index (χ3v) is 3.28. The Labute approximate surface area is 132 Å². The van der Waals surface area contributed by atoms with Gasteiger partial charge in [-0.1, -0.05) is 29.8 Å². The Morgan fingerprint density at radius 3 is 2.05 bits per heavy atom. The van der Waals surface area contributed by atoms with Gasteiger partial charge in [-0.15, -0.1) is 0 Å². The SMILES string of the molecule is CCOc1ccccc1OCCCOc1ccc(C)cc1C. The van der Waals surface area contributed by atoms with Crippen LogP contribution >= 0.6 is 0 Å². The Kier molecular flexibility index (Phi) is 6.13. The third-order valence-electron chi connectivity index (χ3n) is 3.28. The van der Waals surface area contributed by atoms with Crippen LogP contribution in [0.15, 0.2) is 42.5 Å². The Morgan fingerprint density at radius 1 is 0.773 bits per heavy atom. The maximum atomic E-state index is 5.80. The van der Waals surface area contributed by atoms with Crippen molar-refractivity contribution in [1.82, 2.24) is 0 Å². The molecule has 2 rings (SSSR count). The summed E-state index contributed by atoms with van der Waals surface area (Å²) in [6.07, 6.45) is 0.827. The smallest absolute Gasteiger partial charge is 0.161 e. The van der Waals surface area contributed by atoms with Crippen molar-refractivity contribution >= 4 is 0 Å². The molecular weight excluding hydrogens is 276 g/mol. The van der Waals surface area contributed by atoms with Crippen molar-refractivity contribution in [2.45, 2.75) is 27.2 Å². The first-order valence-corrected chi connectivity index (χ1v) is 7.75. The minimum atomic E-state index is 0.606. The first kappa shape index (κ1) is 16.2. The molecule has 118 valence electrons.